The maximum atomic E-state index is 12.4. The van der Waals surface area contributed by atoms with Gasteiger partial charge in [0.15, 0.2) is 6.04 Å². The molecule has 1 fully saturated rings. The summed E-state index contributed by atoms with van der Waals surface area (Å²) in [6.45, 7) is 5.81. The summed E-state index contributed by atoms with van der Waals surface area (Å²) in [5.74, 6) is 8.55. The van der Waals surface area contributed by atoms with Crippen molar-refractivity contribution in [2.45, 2.75) is 33.0 Å². The second-order valence-electron chi connectivity index (χ2n) is 7.63. The summed E-state index contributed by atoms with van der Waals surface area (Å²) in [7, 11) is 1.20. The van der Waals surface area contributed by atoms with Gasteiger partial charge in [-0.3, -0.25) is 9.69 Å². The Morgan fingerprint density at radius 2 is 1.56 bits per heavy atom. The molecule has 198 valence electrons. The molecule has 3 rings (SSSR count). The average Bonchev–Trinajstić information content (AvgIpc) is 2.88. The van der Waals surface area contributed by atoms with Crippen molar-refractivity contribution in [3.05, 3.63) is 70.8 Å². The second kappa shape index (κ2) is 17.5. The van der Waals surface area contributed by atoms with Gasteiger partial charge in [-0.15, -0.1) is 12.4 Å². The molecule has 1 aliphatic heterocycles. The Balaban J connectivity index is 0.00000299. The number of benzene rings is 2. The van der Waals surface area contributed by atoms with Gasteiger partial charge in [-0.1, -0.05) is 31.4 Å². The molecule has 10 heteroatoms. The van der Waals surface area contributed by atoms with Crippen LogP contribution in [0.2, 0.25) is 0 Å². The number of methoxy groups -OCH3 is 1. The number of hydrogen-bond acceptors (Lipinski definition) is 8. The lowest BCUT2D eigenvalue weighted by Crippen LogP contribution is -2.48. The number of esters is 1. The lowest BCUT2D eigenvalue weighted by atomic mass is 10.1. The van der Waals surface area contributed by atoms with E-state index in [9.17, 15) is 14.7 Å². The van der Waals surface area contributed by atoms with Crippen LogP contribution in [0.4, 0.5) is 0 Å². The molecule has 36 heavy (non-hydrogen) atoms. The Bertz CT molecular complexity index is 981. The normalized spacial score (nSPS) is 14.1. The van der Waals surface area contributed by atoms with Crippen LogP contribution in [-0.4, -0.2) is 72.6 Å². The maximum Gasteiger partial charge on any atom is 0.331 e. The van der Waals surface area contributed by atoms with Crippen molar-refractivity contribution in [3.8, 4) is 11.8 Å². The fourth-order valence-corrected chi connectivity index (χ4v) is 3.29. The summed E-state index contributed by atoms with van der Waals surface area (Å²) in [4.78, 5) is 26.4. The number of nitrogens with zero attached hydrogens (tertiary/aromatic N) is 1. The largest absolute Gasteiger partial charge is 0.467 e. The number of nitrogens with two attached hydrogens (primary N) is 1. The first-order valence-corrected chi connectivity index (χ1v) is 10.8. The third-order valence-electron chi connectivity index (χ3n) is 5.19. The van der Waals surface area contributed by atoms with Crippen LogP contribution in [0.3, 0.4) is 0 Å². The highest BCUT2D eigenvalue weighted by atomic mass is 35.5. The van der Waals surface area contributed by atoms with Crippen LogP contribution in [0.25, 0.3) is 0 Å². The molecule has 0 aromatic heterocycles. The van der Waals surface area contributed by atoms with Crippen LogP contribution in [-0.2, 0) is 20.8 Å². The molecule has 2 aromatic carbocycles. The molecular formula is C26H36ClN3O6. The first-order valence-electron chi connectivity index (χ1n) is 10.8. The summed E-state index contributed by atoms with van der Waals surface area (Å²) in [5, 5.41) is 18.7. The zero-order chi connectivity index (χ0) is 24.9. The van der Waals surface area contributed by atoms with Crippen molar-refractivity contribution in [1.82, 2.24) is 10.2 Å². The second-order valence-corrected chi connectivity index (χ2v) is 7.63. The Morgan fingerprint density at radius 1 is 1.06 bits per heavy atom. The van der Waals surface area contributed by atoms with Gasteiger partial charge in [-0.25, -0.2) is 10.7 Å². The fourth-order valence-electron chi connectivity index (χ4n) is 3.29. The molecule has 2 aromatic rings. The lowest BCUT2D eigenvalue weighted by Gasteiger charge is -2.26. The van der Waals surface area contributed by atoms with E-state index in [1.807, 2.05) is 12.1 Å². The molecule has 0 aliphatic carbocycles. The van der Waals surface area contributed by atoms with Gasteiger partial charge >= 0.3 is 5.97 Å². The molecule has 1 saturated heterocycles. The summed E-state index contributed by atoms with van der Waals surface area (Å²) in [5.41, 5.74) is 3.28. The summed E-state index contributed by atoms with van der Waals surface area (Å²) < 4.78 is 9.99. The molecule has 5 N–H and O–H groups in total. The number of carbonyl (C=O) groups is 2. The zero-order valence-corrected chi connectivity index (χ0v) is 20.6. The maximum absolute atomic E-state index is 12.4. The van der Waals surface area contributed by atoms with Gasteiger partial charge < -0.3 is 25.1 Å². The van der Waals surface area contributed by atoms with Gasteiger partial charge in [-0.05, 0) is 48.9 Å². The van der Waals surface area contributed by atoms with Gasteiger partial charge in [0.25, 0.3) is 5.91 Å². The first kappa shape index (κ1) is 33.0. The summed E-state index contributed by atoms with van der Waals surface area (Å²) >= 11 is 0. The van der Waals surface area contributed by atoms with Crippen molar-refractivity contribution in [1.29, 1.82) is 0 Å². The first-order chi connectivity index (χ1) is 16.5. The summed E-state index contributed by atoms with van der Waals surface area (Å²) in [6.07, 6.45) is -1.07. The Labute approximate surface area is 218 Å². The van der Waals surface area contributed by atoms with E-state index >= 15 is 0 Å². The minimum Gasteiger partial charge on any atom is -0.467 e. The molecule has 1 heterocycles. The Hall–Kier alpha value is -2.97. The van der Waals surface area contributed by atoms with Crippen molar-refractivity contribution in [2.75, 3.05) is 33.4 Å². The molecule has 1 amide bonds. The van der Waals surface area contributed by atoms with Crippen LogP contribution in [0.5, 0.6) is 0 Å². The molecule has 2 atom stereocenters. The van der Waals surface area contributed by atoms with Crippen molar-refractivity contribution in [2.24, 2.45) is 5.90 Å². The van der Waals surface area contributed by atoms with E-state index in [1.54, 1.807) is 24.3 Å². The highest BCUT2D eigenvalue weighted by Gasteiger charge is 2.26. The highest BCUT2D eigenvalue weighted by Crippen LogP contribution is 2.10. The minimum absolute atomic E-state index is 0. The van der Waals surface area contributed by atoms with E-state index in [2.05, 4.69) is 44.8 Å². The van der Waals surface area contributed by atoms with E-state index in [4.69, 9.17) is 9.94 Å². The van der Waals surface area contributed by atoms with Gasteiger partial charge in [0.05, 0.1) is 26.4 Å². The lowest BCUT2D eigenvalue weighted by molar-refractivity contribution is -0.145. The topological polar surface area (TPSA) is 134 Å². The fraction of sp³-hybridized carbons (Fsp3) is 0.385. The number of morpholine rings is 1. The number of ether oxygens (including phenoxy) is 2. The molecule has 9 nitrogen and oxygen atoms in total. The molecule has 0 spiro atoms. The number of aliphatic hydroxyl groups is 1. The Kier molecular flexibility index (Phi) is 16.0. The molecular weight excluding hydrogens is 486 g/mol. The Morgan fingerprint density at radius 3 is 2.03 bits per heavy atom. The molecule has 0 unspecified atom stereocenters. The van der Waals surface area contributed by atoms with Crippen LogP contribution in [0.1, 0.15) is 41.4 Å². The van der Waals surface area contributed by atoms with E-state index in [-0.39, 0.29) is 19.8 Å². The van der Waals surface area contributed by atoms with Gasteiger partial charge in [0, 0.05) is 36.3 Å². The zero-order valence-electron chi connectivity index (χ0n) is 19.8. The summed E-state index contributed by atoms with van der Waals surface area (Å²) in [6, 6.07) is 13.8. The van der Waals surface area contributed by atoms with E-state index in [0.717, 1.165) is 44.0 Å². The third-order valence-corrected chi connectivity index (χ3v) is 5.19. The number of aliphatic hydroxyl groups excluding tert-OH is 1. The van der Waals surface area contributed by atoms with Crippen LogP contribution in [0.15, 0.2) is 48.5 Å². The van der Waals surface area contributed by atoms with Gasteiger partial charge in [0.2, 0.25) is 0 Å². The minimum atomic E-state index is -1.13. The average molecular weight is 522 g/mol. The molecule has 0 saturated carbocycles. The van der Waals surface area contributed by atoms with Crippen LogP contribution < -0.4 is 11.2 Å². The van der Waals surface area contributed by atoms with Crippen LogP contribution in [0, 0.1) is 11.8 Å². The predicted octanol–water partition coefficient (Wildman–Crippen LogP) is 1.96. The smallest absolute Gasteiger partial charge is 0.331 e. The number of rotatable bonds is 6. The van der Waals surface area contributed by atoms with E-state index in [0.29, 0.717) is 5.56 Å². The predicted molar refractivity (Wildman–Crippen MR) is 140 cm³/mol. The van der Waals surface area contributed by atoms with Gasteiger partial charge in [-0.2, -0.15) is 0 Å². The van der Waals surface area contributed by atoms with Crippen LogP contribution >= 0.6 is 12.4 Å². The quantitative estimate of drug-likeness (QED) is 0.257. The number of carbonyl (C=O) groups excluding carboxylic acids is 2. The number of amides is 1. The number of halogens is 1. The molecule has 1 aliphatic rings. The van der Waals surface area contributed by atoms with Crippen molar-refractivity contribution >= 4 is 24.3 Å². The van der Waals surface area contributed by atoms with Crippen molar-refractivity contribution < 1.29 is 29.4 Å². The number of hydrogen-bond donors (Lipinski definition) is 4. The van der Waals surface area contributed by atoms with Gasteiger partial charge in [0.1, 0.15) is 0 Å². The highest BCUT2D eigenvalue weighted by molar-refractivity contribution is 5.97. The number of nitrogens with one attached hydrogen (secondary N) is 1. The molecule has 0 radical (unpaired) electrons. The van der Waals surface area contributed by atoms with E-state index in [1.165, 1.54) is 19.6 Å². The van der Waals surface area contributed by atoms with Crippen molar-refractivity contribution in [3.63, 3.8) is 0 Å². The monoisotopic (exact) mass is 521 g/mol. The molecule has 0 bridgehead atoms. The van der Waals surface area contributed by atoms with E-state index < -0.39 is 24.0 Å². The SMILES string of the molecule is C.COC(=O)[C@@H](NC(=O)c1ccc(C#Cc2ccc(CN3CCOCC3)cc2)cc1)[C@@H](C)O.Cl.NO. The standard InChI is InChI=1S/C25H28N2O5.CH4.ClH.H3NO/c1-18(28)23(25(30)31-2)26-24(29)22-11-9-20(10-12-22)4-3-19-5-7-21(8-6-19)17-27-13-15-32-16-14-27;;;1-2/h5-12,18,23,28H,13-17H2,1-2H3,(H,26,29);1H4;1H;2H,1H2/t18-,23+;;;/m1.../s1. The third kappa shape index (κ3) is 10.3.